The number of amides is 1. The molecule has 2 aliphatic rings. The Morgan fingerprint density at radius 3 is 2.39 bits per heavy atom. The summed E-state index contributed by atoms with van der Waals surface area (Å²) in [5.74, 6) is 0.865. The average molecular weight is 458 g/mol. The first kappa shape index (κ1) is 25.2. The molecule has 0 aromatic heterocycles. The number of hydrogen-bond acceptors (Lipinski definition) is 7. The zero-order valence-electron chi connectivity index (χ0n) is 20.6. The van der Waals surface area contributed by atoms with Gasteiger partial charge < -0.3 is 28.4 Å². The molecule has 180 valence electrons. The van der Waals surface area contributed by atoms with Crippen LogP contribution in [0.25, 0.3) is 0 Å². The van der Waals surface area contributed by atoms with Crippen LogP contribution >= 0.6 is 0 Å². The van der Waals surface area contributed by atoms with E-state index in [4.69, 9.17) is 23.5 Å². The van der Waals surface area contributed by atoms with E-state index in [-0.39, 0.29) is 12.2 Å². The molecular weight excluding hydrogens is 423 g/mol. The highest BCUT2D eigenvalue weighted by Crippen LogP contribution is 2.38. The minimum Gasteiger partial charge on any atom is -0.493 e. The number of ether oxygens (including phenoxy) is 3. The van der Waals surface area contributed by atoms with Crippen molar-refractivity contribution in [3.63, 3.8) is 0 Å². The summed E-state index contributed by atoms with van der Waals surface area (Å²) in [5, 5.41) is 9.82. The summed E-state index contributed by atoms with van der Waals surface area (Å²) in [6, 6.07) is 5.76. The molecule has 2 aliphatic heterocycles. The second kappa shape index (κ2) is 10.2. The lowest BCUT2D eigenvalue weighted by Crippen LogP contribution is -2.42. The number of carbonyl (C=O) groups excluding carboxylic acids is 1. The van der Waals surface area contributed by atoms with E-state index in [9.17, 15) is 10.1 Å². The Morgan fingerprint density at radius 2 is 1.85 bits per heavy atom. The van der Waals surface area contributed by atoms with Gasteiger partial charge in [0.1, 0.15) is 12.2 Å². The first-order valence-corrected chi connectivity index (χ1v) is 11.7. The van der Waals surface area contributed by atoms with Gasteiger partial charge in [0.25, 0.3) is 0 Å². The first-order valence-electron chi connectivity index (χ1n) is 11.7. The van der Waals surface area contributed by atoms with Crippen LogP contribution in [0.2, 0.25) is 0 Å². The molecule has 2 fully saturated rings. The molecule has 1 aromatic rings. The van der Waals surface area contributed by atoms with Crippen molar-refractivity contribution in [1.82, 2.24) is 4.90 Å². The molecule has 0 saturated carbocycles. The molecule has 1 amide bonds. The highest BCUT2D eigenvalue weighted by molar-refractivity contribution is 6.62. The van der Waals surface area contributed by atoms with Crippen molar-refractivity contribution >= 4 is 18.7 Å². The Hall–Kier alpha value is -2.44. The molecule has 0 radical (unpaired) electrons. The van der Waals surface area contributed by atoms with Crippen LogP contribution in [0.5, 0.6) is 11.5 Å². The number of unbranched alkanes of at least 4 members (excludes halogenated alkanes) is 1. The highest BCUT2D eigenvalue weighted by Gasteiger charge is 2.52. The van der Waals surface area contributed by atoms with Crippen LogP contribution in [0.1, 0.15) is 65.9 Å². The fourth-order valence-corrected chi connectivity index (χ4v) is 3.81. The second-order valence-corrected chi connectivity index (χ2v) is 9.57. The third kappa shape index (κ3) is 5.56. The van der Waals surface area contributed by atoms with E-state index in [0.717, 1.165) is 12.8 Å². The molecule has 0 bridgehead atoms. The monoisotopic (exact) mass is 458 g/mol. The van der Waals surface area contributed by atoms with Gasteiger partial charge in [-0.15, -0.1) is 0 Å². The predicted octanol–water partition coefficient (Wildman–Crippen LogP) is 3.65. The second-order valence-electron chi connectivity index (χ2n) is 9.57. The SMILES string of the molecule is CCCCOC(=O)N1CCC(Oc2c(C#N)cc(B3OC(C)(C)C(C)(C)O3)cc2OC)CC1. The van der Waals surface area contributed by atoms with Gasteiger partial charge in [-0.05, 0) is 51.7 Å². The van der Waals surface area contributed by atoms with Crippen molar-refractivity contribution in [2.45, 2.75) is 77.6 Å². The van der Waals surface area contributed by atoms with Gasteiger partial charge in [0.15, 0.2) is 11.5 Å². The quantitative estimate of drug-likeness (QED) is 0.455. The summed E-state index contributed by atoms with van der Waals surface area (Å²) in [6.07, 6.45) is 2.74. The average Bonchev–Trinajstić information content (AvgIpc) is 3.01. The van der Waals surface area contributed by atoms with Gasteiger partial charge in [-0.1, -0.05) is 13.3 Å². The Bertz CT molecular complexity index is 874. The van der Waals surface area contributed by atoms with Crippen molar-refractivity contribution in [2.75, 3.05) is 26.8 Å². The fourth-order valence-electron chi connectivity index (χ4n) is 3.81. The van der Waals surface area contributed by atoms with Crippen LogP contribution in [-0.4, -0.2) is 62.2 Å². The van der Waals surface area contributed by atoms with E-state index in [1.807, 2.05) is 27.7 Å². The fraction of sp³-hybridized carbons (Fsp3) is 0.667. The lowest BCUT2D eigenvalue weighted by atomic mass is 9.78. The maximum absolute atomic E-state index is 12.2. The number of nitrogens with zero attached hydrogens (tertiary/aromatic N) is 2. The largest absolute Gasteiger partial charge is 0.495 e. The summed E-state index contributed by atoms with van der Waals surface area (Å²) in [7, 11) is 0.943. The van der Waals surface area contributed by atoms with Crippen LogP contribution < -0.4 is 14.9 Å². The zero-order chi connectivity index (χ0) is 24.2. The van der Waals surface area contributed by atoms with Crippen molar-refractivity contribution in [2.24, 2.45) is 0 Å². The molecule has 3 rings (SSSR count). The standard InChI is InChI=1S/C24H35BN2O6/c1-7-8-13-30-22(28)27-11-9-19(10-12-27)31-21-17(16-26)14-18(15-20(21)29-6)25-32-23(2,3)24(4,5)33-25/h14-15,19H,7-13H2,1-6H3. The van der Waals surface area contributed by atoms with E-state index < -0.39 is 18.3 Å². The predicted molar refractivity (Wildman–Crippen MR) is 125 cm³/mol. The third-order valence-corrected chi connectivity index (χ3v) is 6.65. The molecule has 0 spiro atoms. The normalized spacial score (nSPS) is 19.8. The van der Waals surface area contributed by atoms with Crippen LogP contribution in [0.15, 0.2) is 12.1 Å². The molecule has 0 atom stereocenters. The van der Waals surface area contributed by atoms with Gasteiger partial charge in [-0.2, -0.15) is 5.26 Å². The third-order valence-electron chi connectivity index (χ3n) is 6.65. The van der Waals surface area contributed by atoms with Crippen molar-refractivity contribution in [3.05, 3.63) is 17.7 Å². The van der Waals surface area contributed by atoms with E-state index in [1.54, 1.807) is 24.1 Å². The smallest absolute Gasteiger partial charge is 0.493 e. The molecule has 9 heteroatoms. The number of hydrogen-bond donors (Lipinski definition) is 0. The van der Waals surface area contributed by atoms with E-state index in [2.05, 4.69) is 13.0 Å². The Balaban J connectivity index is 1.69. The number of carbonyl (C=O) groups is 1. The number of piperidine rings is 1. The van der Waals surface area contributed by atoms with Crippen LogP contribution in [0.4, 0.5) is 4.79 Å². The summed E-state index contributed by atoms with van der Waals surface area (Å²) in [4.78, 5) is 13.9. The van der Waals surface area contributed by atoms with Crippen molar-refractivity contribution in [1.29, 1.82) is 5.26 Å². The molecule has 0 N–H and O–H groups in total. The van der Waals surface area contributed by atoms with Gasteiger partial charge in [-0.25, -0.2) is 4.79 Å². The Labute approximate surface area is 197 Å². The zero-order valence-corrected chi connectivity index (χ0v) is 20.6. The summed E-state index contributed by atoms with van der Waals surface area (Å²) < 4.78 is 29.4. The van der Waals surface area contributed by atoms with Crippen molar-refractivity contribution in [3.8, 4) is 17.6 Å². The van der Waals surface area contributed by atoms with Gasteiger partial charge in [-0.3, -0.25) is 0 Å². The molecule has 1 aromatic carbocycles. The number of rotatable bonds is 7. The van der Waals surface area contributed by atoms with E-state index in [0.29, 0.717) is 55.1 Å². The molecule has 8 nitrogen and oxygen atoms in total. The molecule has 0 unspecified atom stereocenters. The van der Waals surface area contributed by atoms with Gasteiger partial charge in [0, 0.05) is 25.9 Å². The number of methoxy groups -OCH3 is 1. The summed E-state index contributed by atoms with van der Waals surface area (Å²) in [6.45, 7) is 11.5. The van der Waals surface area contributed by atoms with Crippen LogP contribution in [0.3, 0.4) is 0 Å². The first-order chi connectivity index (χ1) is 15.6. The topological polar surface area (TPSA) is 90.2 Å². The molecule has 2 heterocycles. The van der Waals surface area contributed by atoms with Crippen LogP contribution in [-0.2, 0) is 14.0 Å². The minimum atomic E-state index is -0.605. The van der Waals surface area contributed by atoms with Gasteiger partial charge in [0.2, 0.25) is 0 Å². The Morgan fingerprint density at radius 1 is 1.21 bits per heavy atom. The molecular formula is C24H35BN2O6. The minimum absolute atomic E-state index is 0.131. The maximum Gasteiger partial charge on any atom is 0.495 e. The van der Waals surface area contributed by atoms with Crippen LogP contribution in [0, 0.1) is 11.3 Å². The van der Waals surface area contributed by atoms with Gasteiger partial charge in [0.05, 0.1) is 30.5 Å². The lowest BCUT2D eigenvalue weighted by Gasteiger charge is -2.32. The highest BCUT2D eigenvalue weighted by atomic mass is 16.7. The number of nitriles is 1. The maximum atomic E-state index is 12.2. The van der Waals surface area contributed by atoms with Crippen molar-refractivity contribution < 1.29 is 28.3 Å². The van der Waals surface area contributed by atoms with E-state index >= 15 is 0 Å². The lowest BCUT2D eigenvalue weighted by molar-refractivity contribution is 0.00578. The molecule has 0 aliphatic carbocycles. The Kier molecular flexibility index (Phi) is 7.81. The van der Waals surface area contributed by atoms with Gasteiger partial charge >= 0.3 is 13.2 Å². The molecule has 33 heavy (non-hydrogen) atoms. The summed E-state index contributed by atoms with van der Waals surface area (Å²) in [5.41, 5.74) is 0.0939. The summed E-state index contributed by atoms with van der Waals surface area (Å²) >= 11 is 0. The number of benzene rings is 1. The molecule has 2 saturated heterocycles. The van der Waals surface area contributed by atoms with E-state index in [1.165, 1.54) is 0 Å². The number of likely N-dealkylation sites (tertiary alicyclic amines) is 1.